The van der Waals surface area contributed by atoms with Crippen LogP contribution in [0.2, 0.25) is 0 Å². The zero-order valence-corrected chi connectivity index (χ0v) is 20.6. The average molecular weight is 539 g/mol. The normalized spacial score (nSPS) is 11.7. The van der Waals surface area contributed by atoms with Crippen LogP contribution in [-0.4, -0.2) is 26.7 Å². The van der Waals surface area contributed by atoms with Crippen molar-refractivity contribution < 1.29 is 26.7 Å². The molecule has 0 amide bonds. The molecule has 0 aromatic heterocycles. The first-order chi connectivity index (χ1) is 17.5. The number of hydrogen-bond donors (Lipinski definition) is 0. The van der Waals surface area contributed by atoms with Crippen LogP contribution in [0.15, 0.2) is 117 Å². The maximum atomic E-state index is 12.8. The van der Waals surface area contributed by atoms with Gasteiger partial charge < -0.3 is 0 Å². The fraction of sp³-hybridized carbons (Fsp3) is 0.0400. The molecule has 0 spiro atoms. The fourth-order valence-electron chi connectivity index (χ4n) is 3.57. The van der Waals surface area contributed by atoms with E-state index in [0.717, 1.165) is 35.4 Å². The van der Waals surface area contributed by atoms with Gasteiger partial charge in [-0.15, -0.1) is 0 Å². The molecule has 0 aliphatic heterocycles. The molecule has 0 atom stereocenters. The number of nitro benzene ring substituents is 2. The third-order valence-corrected chi connectivity index (χ3v) is 9.16. The van der Waals surface area contributed by atoms with Crippen LogP contribution >= 0.6 is 0 Å². The second-order valence-corrected chi connectivity index (χ2v) is 11.9. The summed E-state index contributed by atoms with van der Waals surface area (Å²) in [4.78, 5) is 20.3. The molecule has 10 nitrogen and oxygen atoms in total. The lowest BCUT2D eigenvalue weighted by atomic mass is 10.1. The van der Waals surface area contributed by atoms with Crippen molar-refractivity contribution >= 4 is 31.0 Å². The largest absolute Gasteiger partial charge is 0.269 e. The molecule has 0 unspecified atom stereocenters. The Labute approximate surface area is 212 Å². The van der Waals surface area contributed by atoms with Gasteiger partial charge in [-0.1, -0.05) is 24.3 Å². The van der Waals surface area contributed by atoms with Gasteiger partial charge in [0.05, 0.1) is 29.4 Å². The van der Waals surface area contributed by atoms with Crippen molar-refractivity contribution in [3.05, 3.63) is 128 Å². The molecule has 4 aromatic carbocycles. The first kappa shape index (κ1) is 25.7. The van der Waals surface area contributed by atoms with Crippen molar-refractivity contribution in [1.29, 1.82) is 0 Å². The molecule has 37 heavy (non-hydrogen) atoms. The van der Waals surface area contributed by atoms with Gasteiger partial charge in [0, 0.05) is 24.3 Å². The minimum absolute atomic E-state index is 0.0367. The molecule has 0 radical (unpaired) electrons. The smallest absolute Gasteiger partial charge is 0.258 e. The number of non-ortho nitro benzene ring substituents is 2. The Morgan fingerprint density at radius 2 is 0.703 bits per heavy atom. The Balaban J connectivity index is 1.49. The van der Waals surface area contributed by atoms with Gasteiger partial charge in [-0.05, 0) is 66.1 Å². The lowest BCUT2D eigenvalue weighted by molar-refractivity contribution is -0.385. The van der Waals surface area contributed by atoms with E-state index in [2.05, 4.69) is 0 Å². The molecule has 0 heterocycles. The molecule has 4 aromatic rings. The summed E-state index contributed by atoms with van der Waals surface area (Å²) >= 11 is 0. The molecule has 0 saturated carbocycles. The number of rotatable bonds is 8. The molecular formula is C25H18N2O8S2. The van der Waals surface area contributed by atoms with Gasteiger partial charge in [0.2, 0.25) is 19.7 Å². The van der Waals surface area contributed by atoms with E-state index in [0.29, 0.717) is 6.42 Å². The first-order valence-electron chi connectivity index (χ1n) is 10.7. The van der Waals surface area contributed by atoms with E-state index >= 15 is 0 Å². The van der Waals surface area contributed by atoms with Gasteiger partial charge in [-0.2, -0.15) is 0 Å². The molecule has 0 N–H and O–H groups in total. The lowest BCUT2D eigenvalue weighted by Gasteiger charge is -2.08. The standard InChI is InChI=1S/C25H18N2O8S2/c28-26(29)20-5-13-24(14-6-20)36(32,33)22-9-1-18(2-10-22)17-19-3-11-23(12-4-19)37(34,35)25-15-7-21(8-16-25)27(30)31/h1-16H,17H2. The van der Waals surface area contributed by atoms with Gasteiger partial charge in [0.25, 0.3) is 11.4 Å². The van der Waals surface area contributed by atoms with E-state index in [1.807, 2.05) is 0 Å². The predicted molar refractivity (Wildman–Crippen MR) is 133 cm³/mol. The minimum atomic E-state index is -3.85. The van der Waals surface area contributed by atoms with Gasteiger partial charge >= 0.3 is 0 Å². The maximum Gasteiger partial charge on any atom is 0.269 e. The number of benzene rings is 4. The monoisotopic (exact) mass is 538 g/mol. The maximum absolute atomic E-state index is 12.8. The van der Waals surface area contributed by atoms with Crippen LogP contribution in [0.25, 0.3) is 0 Å². The van der Waals surface area contributed by atoms with Crippen molar-refractivity contribution in [2.45, 2.75) is 26.0 Å². The SMILES string of the molecule is O=[N+]([O-])c1ccc(S(=O)(=O)c2ccc(Cc3ccc(S(=O)(=O)c4ccc([N+](=O)[O-])cc4)cc3)cc2)cc1. The Bertz CT molecular complexity index is 1550. The first-order valence-corrected chi connectivity index (χ1v) is 13.6. The Morgan fingerprint density at radius 3 is 0.946 bits per heavy atom. The molecule has 12 heteroatoms. The van der Waals surface area contributed by atoms with Crippen LogP contribution in [0, 0.1) is 20.2 Å². The Kier molecular flexibility index (Phi) is 6.88. The van der Waals surface area contributed by atoms with E-state index in [9.17, 15) is 37.1 Å². The second kappa shape index (κ2) is 9.91. The van der Waals surface area contributed by atoms with Crippen LogP contribution in [0.4, 0.5) is 11.4 Å². The minimum Gasteiger partial charge on any atom is -0.258 e. The van der Waals surface area contributed by atoms with Crippen molar-refractivity contribution in [2.24, 2.45) is 0 Å². The van der Waals surface area contributed by atoms with Gasteiger partial charge in [0.15, 0.2) is 0 Å². The quantitative estimate of drug-likeness (QED) is 0.230. The fourth-order valence-corrected chi connectivity index (χ4v) is 6.10. The van der Waals surface area contributed by atoms with Gasteiger partial charge in [-0.25, -0.2) is 16.8 Å². The summed E-state index contributed by atoms with van der Waals surface area (Å²) in [5.74, 6) is 0. The van der Waals surface area contributed by atoms with E-state index < -0.39 is 29.5 Å². The van der Waals surface area contributed by atoms with E-state index in [-0.39, 0.29) is 31.0 Å². The van der Waals surface area contributed by atoms with E-state index in [4.69, 9.17) is 0 Å². The summed E-state index contributed by atoms with van der Waals surface area (Å²) in [6, 6.07) is 21.6. The second-order valence-electron chi connectivity index (χ2n) is 7.97. The molecule has 0 fully saturated rings. The molecule has 0 aliphatic rings. The Morgan fingerprint density at radius 1 is 0.459 bits per heavy atom. The summed E-state index contributed by atoms with van der Waals surface area (Å²) in [5, 5.41) is 21.6. The average Bonchev–Trinajstić information content (AvgIpc) is 2.89. The van der Waals surface area contributed by atoms with Crippen LogP contribution in [0.3, 0.4) is 0 Å². The van der Waals surface area contributed by atoms with Crippen molar-refractivity contribution in [3.8, 4) is 0 Å². The molecule has 0 aliphatic carbocycles. The van der Waals surface area contributed by atoms with Crippen LogP contribution in [-0.2, 0) is 26.1 Å². The summed E-state index contributed by atoms with van der Waals surface area (Å²) in [6.45, 7) is 0. The topological polar surface area (TPSA) is 155 Å². The summed E-state index contributed by atoms with van der Waals surface area (Å²) in [6.07, 6.45) is 0.412. The van der Waals surface area contributed by atoms with Gasteiger partial charge in [-0.3, -0.25) is 20.2 Å². The van der Waals surface area contributed by atoms with Crippen molar-refractivity contribution in [3.63, 3.8) is 0 Å². The highest BCUT2D eigenvalue weighted by molar-refractivity contribution is 7.91. The van der Waals surface area contributed by atoms with E-state index in [1.54, 1.807) is 24.3 Å². The van der Waals surface area contributed by atoms with Gasteiger partial charge in [0.1, 0.15) is 0 Å². The van der Waals surface area contributed by atoms with Crippen LogP contribution < -0.4 is 0 Å². The Hall–Kier alpha value is -4.42. The number of nitrogens with zero attached hydrogens (tertiary/aromatic N) is 2. The highest BCUT2D eigenvalue weighted by Crippen LogP contribution is 2.26. The molecule has 188 valence electrons. The third-order valence-electron chi connectivity index (χ3n) is 5.59. The van der Waals surface area contributed by atoms with Crippen molar-refractivity contribution in [2.75, 3.05) is 0 Å². The van der Waals surface area contributed by atoms with Crippen LogP contribution in [0.1, 0.15) is 11.1 Å². The lowest BCUT2D eigenvalue weighted by Crippen LogP contribution is -2.03. The zero-order chi connectivity index (χ0) is 26.8. The summed E-state index contributed by atoms with van der Waals surface area (Å²) < 4.78 is 51.3. The summed E-state index contributed by atoms with van der Waals surface area (Å²) in [5.41, 5.74) is 1.16. The summed E-state index contributed by atoms with van der Waals surface area (Å²) in [7, 11) is -7.71. The highest BCUT2D eigenvalue weighted by atomic mass is 32.2. The number of hydrogen-bond acceptors (Lipinski definition) is 8. The molecule has 0 saturated heterocycles. The van der Waals surface area contributed by atoms with Crippen molar-refractivity contribution in [1.82, 2.24) is 0 Å². The molecule has 0 bridgehead atoms. The van der Waals surface area contributed by atoms with Crippen LogP contribution in [0.5, 0.6) is 0 Å². The molecular weight excluding hydrogens is 520 g/mol. The number of nitro groups is 2. The third kappa shape index (κ3) is 5.39. The zero-order valence-electron chi connectivity index (χ0n) is 18.9. The molecule has 4 rings (SSSR count). The van der Waals surface area contributed by atoms with E-state index in [1.165, 1.54) is 48.5 Å². The highest BCUT2D eigenvalue weighted by Gasteiger charge is 2.20. The predicted octanol–water partition coefficient (Wildman–Crippen LogP) is 4.76. The number of sulfone groups is 2.